The SMILES string of the molecule is Cc1cc(NC(=O)COc2ccccc2F)n(-c2nc3c(cnn3-c3ccc(C)c(C)c3)c(=O)[nH]2)n1. The zero-order chi connectivity index (χ0) is 25.4. The van der Waals surface area contributed by atoms with E-state index in [9.17, 15) is 14.0 Å². The molecule has 0 aliphatic carbocycles. The molecule has 0 saturated heterocycles. The van der Waals surface area contributed by atoms with E-state index in [-0.39, 0.29) is 17.5 Å². The molecule has 2 aromatic carbocycles. The first-order valence-electron chi connectivity index (χ1n) is 11.1. The van der Waals surface area contributed by atoms with Gasteiger partial charge in [0.15, 0.2) is 23.8 Å². The molecule has 0 aliphatic heterocycles. The topological polar surface area (TPSA) is 120 Å². The molecular formula is C25H22FN7O3. The Morgan fingerprint density at radius 3 is 2.67 bits per heavy atom. The monoisotopic (exact) mass is 487 g/mol. The molecule has 0 atom stereocenters. The summed E-state index contributed by atoms with van der Waals surface area (Å²) < 4.78 is 21.9. The molecule has 3 heterocycles. The van der Waals surface area contributed by atoms with Gasteiger partial charge < -0.3 is 10.1 Å². The largest absolute Gasteiger partial charge is 0.481 e. The number of carbonyl (C=O) groups excluding carboxylic acids is 1. The number of aromatic nitrogens is 6. The highest BCUT2D eigenvalue weighted by molar-refractivity contribution is 5.91. The number of carbonyl (C=O) groups is 1. The van der Waals surface area contributed by atoms with Crippen molar-refractivity contribution in [2.75, 3.05) is 11.9 Å². The number of fused-ring (bicyclic) bond motifs is 1. The molecule has 3 aromatic heterocycles. The zero-order valence-electron chi connectivity index (χ0n) is 19.7. The van der Waals surface area contributed by atoms with E-state index in [0.29, 0.717) is 16.7 Å². The van der Waals surface area contributed by atoms with E-state index < -0.39 is 23.9 Å². The van der Waals surface area contributed by atoms with E-state index >= 15 is 0 Å². The van der Waals surface area contributed by atoms with E-state index in [4.69, 9.17) is 4.74 Å². The van der Waals surface area contributed by atoms with Crippen molar-refractivity contribution in [1.82, 2.24) is 29.5 Å². The number of H-pyrrole nitrogens is 1. The van der Waals surface area contributed by atoms with Crippen molar-refractivity contribution >= 4 is 22.8 Å². The first-order chi connectivity index (χ1) is 17.3. The number of hydrogen-bond donors (Lipinski definition) is 2. The normalized spacial score (nSPS) is 11.1. The zero-order valence-corrected chi connectivity index (χ0v) is 19.7. The van der Waals surface area contributed by atoms with Crippen LogP contribution < -0.4 is 15.6 Å². The summed E-state index contributed by atoms with van der Waals surface area (Å²) in [7, 11) is 0. The number of para-hydroxylation sites is 1. The minimum Gasteiger partial charge on any atom is -0.481 e. The van der Waals surface area contributed by atoms with E-state index in [0.717, 1.165) is 16.8 Å². The first kappa shape index (κ1) is 23.0. The molecular weight excluding hydrogens is 465 g/mol. The Balaban J connectivity index is 1.47. The Hall–Kier alpha value is -4.80. The van der Waals surface area contributed by atoms with Crippen LogP contribution in [0.25, 0.3) is 22.7 Å². The Kier molecular flexibility index (Phi) is 5.80. The third-order valence-electron chi connectivity index (χ3n) is 5.66. The predicted octanol–water partition coefficient (Wildman–Crippen LogP) is 3.38. The first-order valence-corrected chi connectivity index (χ1v) is 11.1. The van der Waals surface area contributed by atoms with Crippen molar-refractivity contribution in [3.63, 3.8) is 0 Å². The summed E-state index contributed by atoms with van der Waals surface area (Å²) in [5.74, 6) is -0.788. The van der Waals surface area contributed by atoms with E-state index in [1.54, 1.807) is 23.7 Å². The Bertz CT molecular complexity index is 1670. The van der Waals surface area contributed by atoms with Crippen LogP contribution in [0.1, 0.15) is 16.8 Å². The number of aryl methyl sites for hydroxylation is 3. The van der Waals surface area contributed by atoms with Gasteiger partial charge in [-0.25, -0.2) is 9.07 Å². The predicted molar refractivity (Wildman–Crippen MR) is 131 cm³/mol. The molecule has 182 valence electrons. The molecule has 0 saturated carbocycles. The quantitative estimate of drug-likeness (QED) is 0.379. The molecule has 0 spiro atoms. The molecule has 5 rings (SSSR count). The van der Waals surface area contributed by atoms with E-state index in [2.05, 4.69) is 25.5 Å². The van der Waals surface area contributed by atoms with Crippen molar-refractivity contribution < 1.29 is 13.9 Å². The van der Waals surface area contributed by atoms with Gasteiger partial charge >= 0.3 is 0 Å². The second-order valence-corrected chi connectivity index (χ2v) is 8.30. The third kappa shape index (κ3) is 4.33. The van der Waals surface area contributed by atoms with Crippen molar-refractivity contribution in [3.8, 4) is 17.4 Å². The molecule has 5 aromatic rings. The van der Waals surface area contributed by atoms with Crippen molar-refractivity contribution in [1.29, 1.82) is 0 Å². The number of nitrogens with zero attached hydrogens (tertiary/aromatic N) is 5. The van der Waals surface area contributed by atoms with Crippen LogP contribution in [0.3, 0.4) is 0 Å². The van der Waals surface area contributed by atoms with Crippen molar-refractivity contribution in [2.24, 2.45) is 0 Å². The lowest BCUT2D eigenvalue weighted by Crippen LogP contribution is -2.23. The fourth-order valence-electron chi connectivity index (χ4n) is 3.69. The van der Waals surface area contributed by atoms with Gasteiger partial charge in [0.25, 0.3) is 11.5 Å². The number of halogens is 1. The van der Waals surface area contributed by atoms with Crippen molar-refractivity contribution in [3.05, 3.63) is 87.7 Å². The average molecular weight is 487 g/mol. The van der Waals surface area contributed by atoms with Crippen LogP contribution in [0.15, 0.2) is 59.5 Å². The smallest absolute Gasteiger partial charge is 0.263 e. The molecule has 10 nitrogen and oxygen atoms in total. The molecule has 0 radical (unpaired) electrons. The number of benzene rings is 2. The molecule has 2 N–H and O–H groups in total. The molecule has 36 heavy (non-hydrogen) atoms. The van der Waals surface area contributed by atoms with Crippen LogP contribution in [-0.2, 0) is 4.79 Å². The lowest BCUT2D eigenvalue weighted by molar-refractivity contribution is -0.118. The van der Waals surface area contributed by atoms with Crippen LogP contribution in [0.2, 0.25) is 0 Å². The summed E-state index contributed by atoms with van der Waals surface area (Å²) in [4.78, 5) is 32.6. The van der Waals surface area contributed by atoms with Crippen molar-refractivity contribution in [2.45, 2.75) is 20.8 Å². The highest BCUT2D eigenvalue weighted by Crippen LogP contribution is 2.20. The Morgan fingerprint density at radius 1 is 1.08 bits per heavy atom. The van der Waals surface area contributed by atoms with Gasteiger partial charge in [0.2, 0.25) is 5.95 Å². The van der Waals surface area contributed by atoms with Gasteiger partial charge in [-0.3, -0.25) is 14.6 Å². The highest BCUT2D eigenvalue weighted by atomic mass is 19.1. The molecule has 1 amide bonds. The Labute approximate surface area is 204 Å². The summed E-state index contributed by atoms with van der Waals surface area (Å²) in [5, 5.41) is 11.7. The number of amides is 1. The number of anilines is 1. The summed E-state index contributed by atoms with van der Waals surface area (Å²) >= 11 is 0. The molecule has 0 fully saturated rings. The van der Waals surface area contributed by atoms with Gasteiger partial charge in [0, 0.05) is 6.07 Å². The Morgan fingerprint density at radius 2 is 1.89 bits per heavy atom. The maximum absolute atomic E-state index is 13.8. The third-order valence-corrected chi connectivity index (χ3v) is 5.66. The minimum absolute atomic E-state index is 0.0339. The number of aromatic amines is 1. The van der Waals surface area contributed by atoms with Gasteiger partial charge in [-0.15, -0.1) is 0 Å². The fraction of sp³-hybridized carbons (Fsp3) is 0.160. The van der Waals surface area contributed by atoms with Crippen LogP contribution in [0.5, 0.6) is 5.75 Å². The maximum atomic E-state index is 13.8. The molecule has 0 aliphatic rings. The van der Waals surface area contributed by atoms with E-state index in [1.165, 1.54) is 29.1 Å². The summed E-state index contributed by atoms with van der Waals surface area (Å²) in [5.41, 5.74) is 3.47. The highest BCUT2D eigenvalue weighted by Gasteiger charge is 2.17. The number of rotatable bonds is 6. The number of hydrogen-bond acceptors (Lipinski definition) is 6. The second-order valence-electron chi connectivity index (χ2n) is 8.30. The van der Waals surface area contributed by atoms with Gasteiger partial charge in [-0.05, 0) is 56.2 Å². The maximum Gasteiger partial charge on any atom is 0.263 e. The standard InChI is InChI=1S/C25H22FN7O3/c1-14-8-9-17(10-15(14)2)32-23-18(12-27-32)24(35)30-25(29-23)33-21(11-16(3)31-33)28-22(34)13-36-20-7-5-4-6-19(20)26/h4-12H,13H2,1-3H3,(H,28,34)(H,29,30,35). The lowest BCUT2D eigenvalue weighted by Gasteiger charge is -2.10. The number of nitrogens with one attached hydrogen (secondary N) is 2. The van der Waals surface area contributed by atoms with Crippen LogP contribution in [0, 0.1) is 26.6 Å². The lowest BCUT2D eigenvalue weighted by atomic mass is 10.1. The minimum atomic E-state index is -0.568. The van der Waals surface area contributed by atoms with Gasteiger partial charge in [-0.1, -0.05) is 18.2 Å². The van der Waals surface area contributed by atoms with Gasteiger partial charge in [-0.2, -0.15) is 19.9 Å². The summed E-state index contributed by atoms with van der Waals surface area (Å²) in [6, 6.07) is 13.3. The average Bonchev–Trinajstić information content (AvgIpc) is 3.44. The molecule has 11 heteroatoms. The van der Waals surface area contributed by atoms with Crippen LogP contribution >= 0.6 is 0 Å². The van der Waals surface area contributed by atoms with Crippen LogP contribution in [0.4, 0.5) is 10.2 Å². The van der Waals surface area contributed by atoms with E-state index in [1.807, 2.05) is 32.0 Å². The molecule has 0 unspecified atom stereocenters. The van der Waals surface area contributed by atoms with Gasteiger partial charge in [0.05, 0.1) is 17.6 Å². The van der Waals surface area contributed by atoms with Gasteiger partial charge in [0.1, 0.15) is 11.2 Å². The molecule has 0 bridgehead atoms. The number of ether oxygens (including phenoxy) is 1. The second kappa shape index (κ2) is 9.10. The van der Waals surface area contributed by atoms with Crippen LogP contribution in [-0.4, -0.2) is 42.0 Å². The summed E-state index contributed by atoms with van der Waals surface area (Å²) in [6.07, 6.45) is 1.46. The fourth-order valence-corrected chi connectivity index (χ4v) is 3.69. The summed E-state index contributed by atoms with van der Waals surface area (Å²) in [6.45, 7) is 5.32.